The maximum Gasteiger partial charge on any atom is 0.180 e. The lowest BCUT2D eigenvalue weighted by molar-refractivity contribution is -0.117. The molecular weight excluding hydrogens is 184 g/mol. The summed E-state index contributed by atoms with van der Waals surface area (Å²) >= 11 is 1.41. The Hall–Kier alpha value is -0.960. The van der Waals surface area contributed by atoms with Crippen LogP contribution in [0.15, 0.2) is 11.4 Å². The highest BCUT2D eigenvalue weighted by Gasteiger charge is 2.13. The predicted molar refractivity (Wildman–Crippen MR) is 53.3 cm³/mol. The molecule has 0 saturated heterocycles. The highest BCUT2D eigenvalue weighted by atomic mass is 32.1. The van der Waals surface area contributed by atoms with Gasteiger partial charge in [0, 0.05) is 6.42 Å². The van der Waals surface area contributed by atoms with Crippen LogP contribution in [0.25, 0.3) is 0 Å². The second-order valence-corrected chi connectivity index (χ2v) is 3.84. The van der Waals surface area contributed by atoms with Gasteiger partial charge in [0.15, 0.2) is 5.78 Å². The van der Waals surface area contributed by atoms with Crippen LogP contribution in [0.4, 0.5) is 0 Å². The van der Waals surface area contributed by atoms with Gasteiger partial charge < -0.3 is 0 Å². The Kier molecular flexibility index (Phi) is 3.37. The van der Waals surface area contributed by atoms with Crippen molar-refractivity contribution in [3.05, 3.63) is 21.9 Å². The van der Waals surface area contributed by atoms with E-state index in [2.05, 4.69) is 0 Å². The molecule has 0 aliphatic carbocycles. The van der Waals surface area contributed by atoms with Gasteiger partial charge in [-0.15, -0.1) is 11.3 Å². The summed E-state index contributed by atoms with van der Waals surface area (Å²) in [6.45, 7) is 3.66. The number of thiophene rings is 1. The molecule has 0 spiro atoms. The van der Waals surface area contributed by atoms with Crippen molar-refractivity contribution in [2.24, 2.45) is 0 Å². The van der Waals surface area contributed by atoms with Crippen molar-refractivity contribution < 1.29 is 9.59 Å². The summed E-state index contributed by atoms with van der Waals surface area (Å²) in [6, 6.07) is 1.90. The minimum absolute atomic E-state index is 0.0119. The van der Waals surface area contributed by atoms with Gasteiger partial charge in [0.2, 0.25) is 0 Å². The quantitative estimate of drug-likeness (QED) is 0.548. The van der Waals surface area contributed by atoms with E-state index in [0.29, 0.717) is 6.42 Å². The molecule has 0 aromatic carbocycles. The SMILES string of the molecule is CCC(=O)CC(=O)c1sccc1C. The molecule has 0 N–H and O–H groups in total. The smallest absolute Gasteiger partial charge is 0.180 e. The first kappa shape index (κ1) is 10.1. The molecule has 0 aliphatic rings. The highest BCUT2D eigenvalue weighted by Crippen LogP contribution is 2.17. The molecule has 3 heteroatoms. The number of carbonyl (C=O) groups excluding carboxylic acids is 2. The van der Waals surface area contributed by atoms with E-state index in [1.54, 1.807) is 6.92 Å². The summed E-state index contributed by atoms with van der Waals surface area (Å²) in [4.78, 5) is 23.2. The fraction of sp³-hybridized carbons (Fsp3) is 0.400. The monoisotopic (exact) mass is 196 g/mol. The van der Waals surface area contributed by atoms with Crippen LogP contribution < -0.4 is 0 Å². The number of carbonyl (C=O) groups is 2. The van der Waals surface area contributed by atoms with Gasteiger partial charge in [-0.2, -0.15) is 0 Å². The topological polar surface area (TPSA) is 34.1 Å². The first-order valence-corrected chi connectivity index (χ1v) is 5.12. The maximum absolute atomic E-state index is 11.5. The van der Waals surface area contributed by atoms with Crippen LogP contribution in [0.2, 0.25) is 0 Å². The number of Topliss-reactive ketones (excluding diaryl/α,β-unsaturated/α-hetero) is 2. The molecule has 1 rings (SSSR count). The van der Waals surface area contributed by atoms with Gasteiger partial charge in [-0.05, 0) is 23.9 Å². The van der Waals surface area contributed by atoms with E-state index >= 15 is 0 Å². The standard InChI is InChI=1S/C10H12O2S/c1-3-8(11)6-9(12)10-7(2)4-5-13-10/h4-5H,3,6H2,1-2H3. The Morgan fingerprint density at radius 2 is 2.15 bits per heavy atom. The highest BCUT2D eigenvalue weighted by molar-refractivity contribution is 7.12. The van der Waals surface area contributed by atoms with Crippen molar-refractivity contribution in [3.63, 3.8) is 0 Å². The van der Waals surface area contributed by atoms with Gasteiger partial charge in [0.25, 0.3) is 0 Å². The van der Waals surface area contributed by atoms with Crippen LogP contribution in [0.5, 0.6) is 0 Å². The van der Waals surface area contributed by atoms with Crippen LogP contribution in [0.1, 0.15) is 35.0 Å². The summed E-state index contributed by atoms with van der Waals surface area (Å²) in [6.07, 6.45) is 0.494. The van der Waals surface area contributed by atoms with E-state index in [1.807, 2.05) is 18.4 Å². The Morgan fingerprint density at radius 1 is 1.46 bits per heavy atom. The largest absolute Gasteiger partial charge is 0.299 e. The van der Waals surface area contributed by atoms with Crippen molar-refractivity contribution in [2.45, 2.75) is 26.7 Å². The molecule has 2 nitrogen and oxygen atoms in total. The van der Waals surface area contributed by atoms with E-state index in [9.17, 15) is 9.59 Å². The molecule has 0 fully saturated rings. The summed E-state index contributed by atoms with van der Waals surface area (Å²) in [5.74, 6) is -0.0304. The predicted octanol–water partition coefficient (Wildman–Crippen LogP) is 2.61. The van der Waals surface area contributed by atoms with Gasteiger partial charge in [0.1, 0.15) is 5.78 Å². The average molecular weight is 196 g/mol. The number of hydrogen-bond acceptors (Lipinski definition) is 3. The molecule has 0 saturated carbocycles. The zero-order valence-corrected chi connectivity index (χ0v) is 8.61. The van der Waals surface area contributed by atoms with Gasteiger partial charge in [-0.3, -0.25) is 9.59 Å². The van der Waals surface area contributed by atoms with E-state index in [4.69, 9.17) is 0 Å². The Balaban J connectivity index is 2.69. The molecule has 1 aromatic heterocycles. The Morgan fingerprint density at radius 3 is 2.62 bits per heavy atom. The zero-order valence-electron chi connectivity index (χ0n) is 7.79. The van der Waals surface area contributed by atoms with E-state index in [0.717, 1.165) is 10.4 Å². The summed E-state index contributed by atoms with van der Waals surface area (Å²) in [5, 5.41) is 1.87. The third kappa shape index (κ3) is 2.49. The van der Waals surface area contributed by atoms with E-state index in [1.165, 1.54) is 11.3 Å². The van der Waals surface area contributed by atoms with Gasteiger partial charge in [0.05, 0.1) is 11.3 Å². The number of aryl methyl sites for hydroxylation is 1. The maximum atomic E-state index is 11.5. The van der Waals surface area contributed by atoms with Crippen molar-refractivity contribution in [2.75, 3.05) is 0 Å². The van der Waals surface area contributed by atoms with Crippen LogP contribution in [0.3, 0.4) is 0 Å². The summed E-state index contributed by atoms with van der Waals surface area (Å²) < 4.78 is 0. The molecule has 0 bridgehead atoms. The van der Waals surface area contributed by atoms with Crippen LogP contribution >= 0.6 is 11.3 Å². The second-order valence-electron chi connectivity index (χ2n) is 2.92. The van der Waals surface area contributed by atoms with Crippen LogP contribution in [-0.4, -0.2) is 11.6 Å². The molecule has 0 atom stereocenters. The number of ketones is 2. The van der Waals surface area contributed by atoms with Crippen molar-refractivity contribution in [1.29, 1.82) is 0 Å². The minimum Gasteiger partial charge on any atom is -0.299 e. The lowest BCUT2D eigenvalue weighted by Gasteiger charge is -1.96. The van der Waals surface area contributed by atoms with E-state index in [-0.39, 0.29) is 18.0 Å². The normalized spacial score (nSPS) is 10.0. The van der Waals surface area contributed by atoms with Crippen LogP contribution in [0, 0.1) is 6.92 Å². The lowest BCUT2D eigenvalue weighted by atomic mass is 10.1. The Bertz CT molecular complexity index is 325. The Labute approximate surface area is 81.6 Å². The lowest BCUT2D eigenvalue weighted by Crippen LogP contribution is -2.06. The van der Waals surface area contributed by atoms with Gasteiger partial charge >= 0.3 is 0 Å². The van der Waals surface area contributed by atoms with Crippen molar-refractivity contribution >= 4 is 22.9 Å². The van der Waals surface area contributed by atoms with Gasteiger partial charge in [-0.25, -0.2) is 0 Å². The summed E-state index contributed by atoms with van der Waals surface area (Å²) in [5.41, 5.74) is 0.971. The first-order valence-electron chi connectivity index (χ1n) is 4.24. The van der Waals surface area contributed by atoms with Gasteiger partial charge in [-0.1, -0.05) is 6.92 Å². The fourth-order valence-electron chi connectivity index (χ4n) is 1.04. The molecule has 0 aliphatic heterocycles. The number of hydrogen-bond donors (Lipinski definition) is 0. The molecule has 0 amide bonds. The third-order valence-corrected chi connectivity index (χ3v) is 2.92. The molecule has 70 valence electrons. The average Bonchev–Trinajstić information content (AvgIpc) is 2.51. The third-order valence-electron chi connectivity index (χ3n) is 1.87. The summed E-state index contributed by atoms with van der Waals surface area (Å²) in [7, 11) is 0. The van der Waals surface area contributed by atoms with E-state index < -0.39 is 0 Å². The molecule has 13 heavy (non-hydrogen) atoms. The van der Waals surface area contributed by atoms with Crippen molar-refractivity contribution in [1.82, 2.24) is 0 Å². The minimum atomic E-state index is -0.0423. The molecule has 0 unspecified atom stereocenters. The molecular formula is C10H12O2S. The second kappa shape index (κ2) is 4.33. The molecule has 1 aromatic rings. The first-order chi connectivity index (χ1) is 6.15. The fourth-order valence-corrected chi connectivity index (χ4v) is 1.91. The number of rotatable bonds is 4. The van der Waals surface area contributed by atoms with Crippen molar-refractivity contribution in [3.8, 4) is 0 Å². The zero-order chi connectivity index (χ0) is 9.84. The van der Waals surface area contributed by atoms with Crippen LogP contribution in [-0.2, 0) is 4.79 Å². The molecule has 0 radical (unpaired) electrons. The molecule has 1 heterocycles.